The molecule has 0 saturated carbocycles. The summed E-state index contributed by atoms with van der Waals surface area (Å²) in [5, 5.41) is 3.21. The Morgan fingerprint density at radius 3 is 2.64 bits per heavy atom. The van der Waals surface area contributed by atoms with Gasteiger partial charge in [0, 0.05) is 18.8 Å². The fourth-order valence-electron chi connectivity index (χ4n) is 1.30. The Bertz CT molecular complexity index is 295. The smallest absolute Gasteiger partial charge is 0.126 e. The maximum atomic E-state index is 5.63. The quantitative estimate of drug-likeness (QED) is 0.770. The molecule has 0 amide bonds. The van der Waals surface area contributed by atoms with Crippen LogP contribution in [0.2, 0.25) is 0 Å². The van der Waals surface area contributed by atoms with Gasteiger partial charge in [0.2, 0.25) is 0 Å². The standard InChI is InChI=1S/C11H19N3/c1-4-13-11-6-9(7-12)5-10(14-11)8(2)3/h5-6,8H,4,7,12H2,1-3H3,(H,13,14). The van der Waals surface area contributed by atoms with Gasteiger partial charge in [0.05, 0.1) is 0 Å². The molecule has 0 radical (unpaired) electrons. The first-order valence-electron chi connectivity index (χ1n) is 5.12. The van der Waals surface area contributed by atoms with Crippen molar-refractivity contribution in [2.75, 3.05) is 11.9 Å². The Balaban J connectivity index is 3.00. The fourth-order valence-corrected chi connectivity index (χ4v) is 1.30. The van der Waals surface area contributed by atoms with Crippen LogP contribution in [0.15, 0.2) is 12.1 Å². The molecule has 3 nitrogen and oxygen atoms in total. The summed E-state index contributed by atoms with van der Waals surface area (Å²) in [6.07, 6.45) is 0. The van der Waals surface area contributed by atoms with E-state index in [1.54, 1.807) is 0 Å². The van der Waals surface area contributed by atoms with Crippen LogP contribution in [0.25, 0.3) is 0 Å². The Hall–Kier alpha value is -1.09. The minimum atomic E-state index is 0.443. The number of nitrogens with one attached hydrogen (secondary N) is 1. The molecule has 78 valence electrons. The lowest BCUT2D eigenvalue weighted by molar-refractivity contribution is 0.817. The number of nitrogens with two attached hydrogens (primary N) is 1. The van der Waals surface area contributed by atoms with Crippen LogP contribution in [0.5, 0.6) is 0 Å². The average Bonchev–Trinajstić information content (AvgIpc) is 2.17. The SMILES string of the molecule is CCNc1cc(CN)cc(C(C)C)n1. The number of hydrogen-bond donors (Lipinski definition) is 2. The molecule has 3 N–H and O–H groups in total. The Kier molecular flexibility index (Phi) is 3.89. The molecule has 1 heterocycles. The van der Waals surface area contributed by atoms with Crippen LogP contribution in [0.4, 0.5) is 5.82 Å². The van der Waals surface area contributed by atoms with E-state index in [0.29, 0.717) is 12.5 Å². The Morgan fingerprint density at radius 2 is 2.14 bits per heavy atom. The molecule has 3 heteroatoms. The number of aromatic nitrogens is 1. The second kappa shape index (κ2) is 4.96. The summed E-state index contributed by atoms with van der Waals surface area (Å²) in [7, 11) is 0. The molecule has 0 aliphatic carbocycles. The zero-order valence-corrected chi connectivity index (χ0v) is 9.17. The number of anilines is 1. The van der Waals surface area contributed by atoms with E-state index in [4.69, 9.17) is 5.73 Å². The van der Waals surface area contributed by atoms with Crippen molar-refractivity contribution in [2.24, 2.45) is 5.73 Å². The van der Waals surface area contributed by atoms with Crippen LogP contribution in [-0.4, -0.2) is 11.5 Å². The molecular weight excluding hydrogens is 174 g/mol. The van der Waals surface area contributed by atoms with E-state index in [1.165, 1.54) is 0 Å². The van der Waals surface area contributed by atoms with Gasteiger partial charge < -0.3 is 11.1 Å². The van der Waals surface area contributed by atoms with Gasteiger partial charge in [-0.05, 0) is 30.5 Å². The molecule has 1 aromatic rings. The highest BCUT2D eigenvalue weighted by atomic mass is 15.0. The van der Waals surface area contributed by atoms with Gasteiger partial charge in [0.25, 0.3) is 0 Å². The minimum absolute atomic E-state index is 0.443. The Morgan fingerprint density at radius 1 is 1.43 bits per heavy atom. The first-order chi connectivity index (χ1) is 6.67. The third-order valence-electron chi connectivity index (χ3n) is 2.09. The van der Waals surface area contributed by atoms with Gasteiger partial charge >= 0.3 is 0 Å². The van der Waals surface area contributed by atoms with Crippen LogP contribution in [0.1, 0.15) is 37.9 Å². The summed E-state index contributed by atoms with van der Waals surface area (Å²) in [5.74, 6) is 1.37. The van der Waals surface area contributed by atoms with E-state index in [1.807, 2.05) is 6.07 Å². The topological polar surface area (TPSA) is 50.9 Å². The van der Waals surface area contributed by atoms with Gasteiger partial charge in [-0.1, -0.05) is 13.8 Å². The molecule has 0 unspecified atom stereocenters. The van der Waals surface area contributed by atoms with Gasteiger partial charge in [-0.15, -0.1) is 0 Å². The lowest BCUT2D eigenvalue weighted by atomic mass is 10.1. The summed E-state index contributed by atoms with van der Waals surface area (Å²) in [5.41, 5.74) is 7.87. The first kappa shape index (κ1) is 11.0. The van der Waals surface area contributed by atoms with Gasteiger partial charge in [-0.25, -0.2) is 4.98 Å². The second-order valence-corrected chi connectivity index (χ2v) is 3.67. The maximum Gasteiger partial charge on any atom is 0.126 e. The van der Waals surface area contributed by atoms with Crippen LogP contribution in [-0.2, 0) is 6.54 Å². The number of nitrogens with zero attached hydrogens (tertiary/aromatic N) is 1. The van der Waals surface area contributed by atoms with Gasteiger partial charge in [-0.2, -0.15) is 0 Å². The molecule has 0 atom stereocenters. The van der Waals surface area contributed by atoms with Crippen LogP contribution >= 0.6 is 0 Å². The third-order valence-corrected chi connectivity index (χ3v) is 2.09. The second-order valence-electron chi connectivity index (χ2n) is 3.67. The van der Waals surface area contributed by atoms with Crippen molar-refractivity contribution in [1.29, 1.82) is 0 Å². The van der Waals surface area contributed by atoms with Crippen molar-refractivity contribution < 1.29 is 0 Å². The van der Waals surface area contributed by atoms with E-state index in [-0.39, 0.29) is 0 Å². The van der Waals surface area contributed by atoms with E-state index < -0.39 is 0 Å². The fraction of sp³-hybridized carbons (Fsp3) is 0.545. The number of rotatable bonds is 4. The Labute approximate surface area is 85.7 Å². The van der Waals surface area contributed by atoms with Crippen molar-refractivity contribution in [2.45, 2.75) is 33.2 Å². The molecule has 0 spiro atoms. The summed E-state index contributed by atoms with van der Waals surface area (Å²) in [6, 6.07) is 4.08. The van der Waals surface area contributed by atoms with Crippen LogP contribution in [0, 0.1) is 0 Å². The average molecular weight is 193 g/mol. The molecule has 0 aliphatic heterocycles. The highest BCUT2D eigenvalue weighted by Gasteiger charge is 2.04. The molecule has 14 heavy (non-hydrogen) atoms. The van der Waals surface area contributed by atoms with E-state index >= 15 is 0 Å². The predicted molar refractivity (Wildman–Crippen MR) is 60.4 cm³/mol. The minimum Gasteiger partial charge on any atom is -0.370 e. The van der Waals surface area contributed by atoms with Crippen molar-refractivity contribution in [3.8, 4) is 0 Å². The third kappa shape index (κ3) is 2.70. The molecule has 0 aromatic carbocycles. The van der Waals surface area contributed by atoms with Gasteiger partial charge in [0.15, 0.2) is 0 Å². The summed E-state index contributed by atoms with van der Waals surface area (Å²) in [4.78, 5) is 4.50. The number of hydrogen-bond acceptors (Lipinski definition) is 3. The van der Waals surface area contributed by atoms with Crippen molar-refractivity contribution in [1.82, 2.24) is 4.98 Å². The molecular formula is C11H19N3. The van der Waals surface area contributed by atoms with Crippen molar-refractivity contribution >= 4 is 5.82 Å². The highest BCUT2D eigenvalue weighted by Crippen LogP contribution is 2.17. The van der Waals surface area contributed by atoms with Gasteiger partial charge in [-0.3, -0.25) is 0 Å². The molecule has 0 bridgehead atoms. The molecule has 0 aliphatic rings. The normalized spacial score (nSPS) is 10.6. The zero-order chi connectivity index (χ0) is 10.6. The van der Waals surface area contributed by atoms with Crippen LogP contribution < -0.4 is 11.1 Å². The van der Waals surface area contributed by atoms with E-state index in [2.05, 4.69) is 37.1 Å². The summed E-state index contributed by atoms with van der Waals surface area (Å²) in [6.45, 7) is 7.79. The lowest BCUT2D eigenvalue weighted by Gasteiger charge is -2.10. The first-order valence-corrected chi connectivity index (χ1v) is 5.12. The molecule has 0 saturated heterocycles. The van der Waals surface area contributed by atoms with Crippen LogP contribution in [0.3, 0.4) is 0 Å². The summed E-state index contributed by atoms with van der Waals surface area (Å²) < 4.78 is 0. The molecule has 1 aromatic heterocycles. The summed E-state index contributed by atoms with van der Waals surface area (Å²) >= 11 is 0. The lowest BCUT2D eigenvalue weighted by Crippen LogP contribution is -2.06. The van der Waals surface area contributed by atoms with E-state index in [9.17, 15) is 0 Å². The molecule has 1 rings (SSSR count). The maximum absolute atomic E-state index is 5.63. The molecule has 0 fully saturated rings. The van der Waals surface area contributed by atoms with E-state index in [0.717, 1.165) is 23.6 Å². The zero-order valence-electron chi connectivity index (χ0n) is 9.17. The number of pyridine rings is 1. The predicted octanol–water partition coefficient (Wildman–Crippen LogP) is 2.10. The highest BCUT2D eigenvalue weighted by molar-refractivity contribution is 5.40. The largest absolute Gasteiger partial charge is 0.370 e. The monoisotopic (exact) mass is 193 g/mol. The van der Waals surface area contributed by atoms with Crippen molar-refractivity contribution in [3.63, 3.8) is 0 Å². The van der Waals surface area contributed by atoms with Crippen molar-refractivity contribution in [3.05, 3.63) is 23.4 Å². The van der Waals surface area contributed by atoms with Gasteiger partial charge in [0.1, 0.15) is 5.82 Å².